The average Bonchev–Trinajstić information content (AvgIpc) is 3.62. The van der Waals surface area contributed by atoms with Crippen molar-refractivity contribution in [3.8, 4) is 0 Å². The summed E-state index contributed by atoms with van der Waals surface area (Å²) in [6, 6.07) is -3.97. The van der Waals surface area contributed by atoms with E-state index in [1.807, 2.05) is 62.3 Å². The van der Waals surface area contributed by atoms with Gasteiger partial charge >= 0.3 is 0 Å². The van der Waals surface area contributed by atoms with Crippen LogP contribution < -0.4 is 21.3 Å². The van der Waals surface area contributed by atoms with Crippen LogP contribution in [0, 0.1) is 22.7 Å². The van der Waals surface area contributed by atoms with Crippen LogP contribution in [0.5, 0.6) is 0 Å². The molecule has 2 heterocycles. The summed E-state index contributed by atoms with van der Waals surface area (Å²) in [5.74, 6) is -2.75. The molecule has 2 aliphatic rings. The van der Waals surface area contributed by atoms with Gasteiger partial charge in [-0.3, -0.25) is 39.3 Å². The number of Topliss-reactive ketones (excluding diaryl/α,β-unsaturated/α-hetero) is 1. The first-order valence-corrected chi connectivity index (χ1v) is 17.4. The van der Waals surface area contributed by atoms with E-state index < -0.39 is 64.7 Å². The molecule has 0 spiro atoms. The average molecular weight is 672 g/mol. The lowest BCUT2D eigenvalue weighted by molar-refractivity contribution is -0.146. The minimum atomic E-state index is -1.28. The molecule has 2 fully saturated rings. The fraction of sp³-hybridized carbons (Fsp3) is 0.743. The zero-order chi connectivity index (χ0) is 36.0. The summed E-state index contributed by atoms with van der Waals surface area (Å²) < 4.78 is 0. The molecule has 0 radical (unpaired) electrons. The Hall–Kier alpha value is -3.45. The number of rotatable bonds is 14. The van der Waals surface area contributed by atoms with Crippen LogP contribution in [0.2, 0.25) is 0 Å². The molecule has 0 bridgehead atoms. The molecule has 1 aromatic heterocycles. The van der Waals surface area contributed by atoms with Gasteiger partial charge in [0, 0.05) is 25.0 Å². The number of aliphatic hydroxyl groups is 1. The summed E-state index contributed by atoms with van der Waals surface area (Å²) in [6.07, 6.45) is 7.13. The summed E-state index contributed by atoms with van der Waals surface area (Å²) >= 11 is 0. The van der Waals surface area contributed by atoms with Crippen molar-refractivity contribution < 1.29 is 29.1 Å². The van der Waals surface area contributed by atoms with Gasteiger partial charge in [-0.25, -0.2) is 0 Å². The molecule has 8 atom stereocenters. The van der Waals surface area contributed by atoms with Crippen molar-refractivity contribution >= 4 is 29.4 Å². The number of aliphatic hydroxyl groups excluding tert-OH is 1. The zero-order valence-electron chi connectivity index (χ0n) is 30.1. The Morgan fingerprint density at radius 1 is 0.958 bits per heavy atom. The summed E-state index contributed by atoms with van der Waals surface area (Å²) in [4.78, 5) is 78.1. The molecule has 13 nitrogen and oxygen atoms in total. The minimum absolute atomic E-state index is 0.0947. The highest BCUT2D eigenvalue weighted by molar-refractivity contribution is 6.38. The lowest BCUT2D eigenvalue weighted by Crippen LogP contribution is -2.62. The zero-order valence-corrected chi connectivity index (χ0v) is 30.1. The fourth-order valence-corrected chi connectivity index (χ4v) is 6.69. The van der Waals surface area contributed by atoms with E-state index in [-0.39, 0.29) is 35.9 Å². The molecule has 1 saturated carbocycles. The van der Waals surface area contributed by atoms with Crippen LogP contribution in [0.1, 0.15) is 113 Å². The van der Waals surface area contributed by atoms with E-state index in [1.54, 1.807) is 4.90 Å². The number of hydrogen-bond acceptors (Lipinski definition) is 9. The molecule has 4 amide bonds. The molecule has 0 aromatic carbocycles. The Morgan fingerprint density at radius 2 is 1.62 bits per heavy atom. The Balaban J connectivity index is 1.87. The first kappa shape index (κ1) is 39.0. The number of ketones is 1. The first-order chi connectivity index (χ1) is 22.4. The largest absolute Gasteiger partial charge is 0.373 e. The van der Waals surface area contributed by atoms with Gasteiger partial charge in [-0.1, -0.05) is 68.2 Å². The van der Waals surface area contributed by atoms with Crippen LogP contribution in [0.4, 0.5) is 0 Å². The quantitative estimate of drug-likeness (QED) is 0.147. The second-order valence-corrected chi connectivity index (χ2v) is 15.6. The standard InChI is InChI=1S/C35H57N7O6/c1-10-13-23(26(43)31(46)38-20(3)11-2)39-30(45)25-22-15-12-14-21(22)19-42(25)33(48)28(35(7,8)9)41-32(47)27(34(4,5)6)40-29(44)24-18-36-16-17-37-24/h16-18,20-23,25,27-29,40,44H,10-15,19H2,1-9H3,(H,38,46)(H,39,45)(H,41,47)/t20-,21-,22-,23-,25-,27+,28+,29?/m0/s1. The predicted octanol–water partition coefficient (Wildman–Crippen LogP) is 2.40. The van der Waals surface area contributed by atoms with Crippen LogP contribution in [0.3, 0.4) is 0 Å². The Bertz CT molecular complexity index is 1290. The van der Waals surface area contributed by atoms with E-state index in [2.05, 4.69) is 31.2 Å². The van der Waals surface area contributed by atoms with Gasteiger partial charge < -0.3 is 26.0 Å². The summed E-state index contributed by atoms with van der Waals surface area (Å²) in [5.41, 5.74) is -1.17. The van der Waals surface area contributed by atoms with Gasteiger partial charge in [-0.15, -0.1) is 0 Å². The van der Waals surface area contributed by atoms with Gasteiger partial charge in [0.15, 0.2) is 0 Å². The molecule has 3 rings (SSSR count). The maximum atomic E-state index is 14.5. The van der Waals surface area contributed by atoms with Crippen LogP contribution in [-0.4, -0.2) is 86.1 Å². The van der Waals surface area contributed by atoms with Gasteiger partial charge in [0.1, 0.15) is 24.0 Å². The number of fused-ring (bicyclic) bond motifs is 1. The Kier molecular flexibility index (Phi) is 13.2. The summed E-state index contributed by atoms with van der Waals surface area (Å²) in [6.45, 7) is 17.0. The topological polar surface area (TPSA) is 183 Å². The van der Waals surface area contributed by atoms with Gasteiger partial charge in [0.25, 0.3) is 5.91 Å². The van der Waals surface area contributed by atoms with Crippen LogP contribution in [0.25, 0.3) is 0 Å². The number of carbonyl (C=O) groups excluding carboxylic acids is 5. The summed E-state index contributed by atoms with van der Waals surface area (Å²) in [5, 5.41) is 22.3. The Labute approximate surface area is 285 Å². The second kappa shape index (κ2) is 16.3. The highest BCUT2D eigenvalue weighted by Gasteiger charge is 2.52. The first-order valence-electron chi connectivity index (χ1n) is 17.4. The lowest BCUT2D eigenvalue weighted by atomic mass is 9.82. The number of nitrogens with one attached hydrogen (secondary N) is 4. The van der Waals surface area contributed by atoms with E-state index in [1.165, 1.54) is 18.6 Å². The molecular formula is C35H57N7O6. The number of likely N-dealkylation sites (tertiary alicyclic amines) is 1. The monoisotopic (exact) mass is 671 g/mol. The number of nitrogens with zero attached hydrogens (tertiary/aromatic N) is 3. The number of aromatic nitrogens is 2. The normalized spacial score (nSPS) is 22.5. The van der Waals surface area contributed by atoms with E-state index in [4.69, 9.17) is 0 Å². The van der Waals surface area contributed by atoms with E-state index >= 15 is 0 Å². The van der Waals surface area contributed by atoms with Crippen molar-refractivity contribution in [3.63, 3.8) is 0 Å². The van der Waals surface area contributed by atoms with Gasteiger partial charge in [-0.2, -0.15) is 0 Å². The van der Waals surface area contributed by atoms with Gasteiger partial charge in [0.2, 0.25) is 23.5 Å². The molecule has 1 saturated heterocycles. The third-order valence-corrected chi connectivity index (χ3v) is 9.58. The lowest BCUT2D eigenvalue weighted by Gasteiger charge is -2.39. The third kappa shape index (κ3) is 9.58. The van der Waals surface area contributed by atoms with Crippen molar-refractivity contribution in [1.82, 2.24) is 36.1 Å². The molecule has 5 N–H and O–H groups in total. The van der Waals surface area contributed by atoms with Crippen LogP contribution in [-0.2, 0) is 24.0 Å². The molecule has 1 aliphatic heterocycles. The molecule has 48 heavy (non-hydrogen) atoms. The Morgan fingerprint density at radius 3 is 2.19 bits per heavy atom. The maximum absolute atomic E-state index is 14.5. The van der Waals surface area contributed by atoms with E-state index in [0.29, 0.717) is 19.4 Å². The van der Waals surface area contributed by atoms with Crippen molar-refractivity contribution in [2.24, 2.45) is 22.7 Å². The number of hydrogen-bond donors (Lipinski definition) is 5. The van der Waals surface area contributed by atoms with Crippen molar-refractivity contribution in [3.05, 3.63) is 24.3 Å². The van der Waals surface area contributed by atoms with Gasteiger partial charge in [-0.05, 0) is 55.3 Å². The highest BCUT2D eigenvalue weighted by atomic mass is 16.3. The molecular weight excluding hydrogens is 614 g/mol. The number of amides is 4. The molecule has 13 heteroatoms. The maximum Gasteiger partial charge on any atom is 0.289 e. The predicted molar refractivity (Wildman–Crippen MR) is 181 cm³/mol. The fourth-order valence-electron chi connectivity index (χ4n) is 6.69. The minimum Gasteiger partial charge on any atom is -0.373 e. The third-order valence-electron chi connectivity index (χ3n) is 9.58. The molecule has 268 valence electrons. The van der Waals surface area contributed by atoms with Crippen molar-refractivity contribution in [2.75, 3.05) is 6.54 Å². The van der Waals surface area contributed by atoms with Crippen LogP contribution >= 0.6 is 0 Å². The highest BCUT2D eigenvalue weighted by Crippen LogP contribution is 2.43. The summed E-state index contributed by atoms with van der Waals surface area (Å²) in [7, 11) is 0. The number of carbonyl (C=O) groups is 5. The molecule has 1 unspecified atom stereocenters. The second-order valence-electron chi connectivity index (χ2n) is 15.6. The van der Waals surface area contributed by atoms with E-state index in [9.17, 15) is 29.1 Å². The van der Waals surface area contributed by atoms with Crippen molar-refractivity contribution in [2.45, 2.75) is 137 Å². The molecule has 1 aromatic rings. The van der Waals surface area contributed by atoms with Crippen molar-refractivity contribution in [1.29, 1.82) is 0 Å². The smallest absolute Gasteiger partial charge is 0.289 e. The molecule has 1 aliphatic carbocycles. The van der Waals surface area contributed by atoms with E-state index in [0.717, 1.165) is 19.3 Å². The van der Waals surface area contributed by atoms with Crippen LogP contribution in [0.15, 0.2) is 18.6 Å². The SMILES string of the molecule is CCC[C@H](NC(=O)[C@@H]1[C@H]2CCC[C@H]2CN1C(=O)[C@@H](NC(=O)[C@@H](NC(O)c1cnccn1)C(C)(C)C)C(C)(C)C)C(=O)C(=O)N[C@@H](C)CC. The van der Waals surface area contributed by atoms with Gasteiger partial charge in [0.05, 0.1) is 18.3 Å².